The second-order valence-corrected chi connectivity index (χ2v) is 9.12. The number of hydrogen-bond donors (Lipinski definition) is 0. The molecule has 0 saturated heterocycles. The zero-order valence-corrected chi connectivity index (χ0v) is 16.1. The molecule has 3 rings (SSSR count). The second-order valence-electron chi connectivity index (χ2n) is 5.14. The van der Waals surface area contributed by atoms with Gasteiger partial charge in [0.05, 0.1) is 4.90 Å². The van der Waals surface area contributed by atoms with Gasteiger partial charge in [-0.2, -0.15) is 0 Å². The van der Waals surface area contributed by atoms with Gasteiger partial charge in [-0.15, -0.1) is 0 Å². The molecule has 1 aliphatic rings. The number of anilines is 1. The maximum Gasteiger partial charge on any atom is 0.264 e. The summed E-state index contributed by atoms with van der Waals surface area (Å²) in [5.74, 6) is 0. The summed E-state index contributed by atoms with van der Waals surface area (Å²) in [5, 5.41) is 0. The van der Waals surface area contributed by atoms with E-state index in [0.29, 0.717) is 15.5 Å². The minimum absolute atomic E-state index is 0.1000. The molecular weight excluding hydrogens is 445 g/mol. The smallest absolute Gasteiger partial charge is 0.264 e. The number of fused-ring (bicyclic) bond motifs is 1. The predicted octanol–water partition coefficient (Wildman–Crippen LogP) is 3.59. The lowest BCUT2D eigenvalue weighted by Gasteiger charge is -2.31. The zero-order valence-electron chi connectivity index (χ0n) is 12.3. The number of hydrogen-bond acceptors (Lipinski definition) is 3. The zero-order chi connectivity index (χ0) is 16.6. The molecule has 2 aromatic carbocycles. The van der Waals surface area contributed by atoms with Crippen molar-refractivity contribution < 1.29 is 13.0 Å². The Morgan fingerprint density at radius 2 is 1.83 bits per heavy atom. The average molecular weight is 459 g/mol. The third-order valence-electron chi connectivity index (χ3n) is 3.60. The first-order valence-corrected chi connectivity index (χ1v) is 10.7. The van der Waals surface area contributed by atoms with Crippen molar-refractivity contribution in [2.75, 3.05) is 10.8 Å². The van der Waals surface area contributed by atoms with Crippen LogP contribution in [0.25, 0.3) is 0 Å². The fourth-order valence-corrected chi connectivity index (χ4v) is 6.04. The van der Waals surface area contributed by atoms with Gasteiger partial charge in [0.15, 0.2) is 9.80 Å². The van der Waals surface area contributed by atoms with Crippen LogP contribution in [0, 0.1) is 6.92 Å². The van der Waals surface area contributed by atoms with Gasteiger partial charge in [-0.3, -0.25) is 4.31 Å². The highest BCUT2D eigenvalue weighted by atomic mass is 127. The Bertz CT molecular complexity index is 863. The van der Waals surface area contributed by atoms with Crippen molar-refractivity contribution in [3.8, 4) is 0 Å². The molecule has 0 N–H and O–H groups in total. The Hall–Kier alpha value is -1.03. The van der Waals surface area contributed by atoms with Crippen LogP contribution in [-0.2, 0) is 21.2 Å². The molecule has 0 fully saturated rings. The Balaban J connectivity index is 2.15. The highest BCUT2D eigenvalue weighted by Gasteiger charge is 2.38. The molecule has 0 bridgehead atoms. The minimum atomic E-state index is -3.70. The van der Waals surface area contributed by atoms with Gasteiger partial charge in [0.2, 0.25) is 0 Å². The molecule has 7 heteroatoms. The van der Waals surface area contributed by atoms with Gasteiger partial charge in [0.1, 0.15) is 12.2 Å². The molecule has 4 nitrogen and oxygen atoms in total. The number of nitrogens with zero attached hydrogens (tertiary/aromatic N) is 1. The summed E-state index contributed by atoms with van der Waals surface area (Å²) in [7, 11) is -3.70. The molecule has 0 radical (unpaired) electrons. The highest BCUT2D eigenvalue weighted by Crippen LogP contribution is 2.38. The normalized spacial score (nSPS) is 19.7. The molecular formula is C16H14INO3S2. The molecule has 1 aliphatic heterocycles. The maximum absolute atomic E-state index is 13.0. The van der Waals surface area contributed by atoms with Crippen LogP contribution in [0.4, 0.5) is 5.69 Å². The number of benzene rings is 2. The first kappa shape index (κ1) is 16.8. The van der Waals surface area contributed by atoms with Crippen LogP contribution in [0.15, 0.2) is 67.3 Å². The van der Waals surface area contributed by atoms with E-state index in [1.807, 2.05) is 29.5 Å². The molecule has 23 heavy (non-hydrogen) atoms. The fraction of sp³-hybridized carbons (Fsp3) is 0.125. The van der Waals surface area contributed by atoms with Crippen molar-refractivity contribution in [1.29, 1.82) is 0 Å². The molecule has 0 amide bonds. The predicted molar refractivity (Wildman–Crippen MR) is 101 cm³/mol. The topological polar surface area (TPSA) is 60.4 Å². The van der Waals surface area contributed by atoms with Gasteiger partial charge in [-0.05, 0) is 53.8 Å². The molecule has 0 spiro atoms. The summed E-state index contributed by atoms with van der Waals surface area (Å²) in [6.07, 6.45) is 0. The van der Waals surface area contributed by atoms with Crippen molar-refractivity contribution >= 4 is 49.5 Å². The molecule has 1 unspecified atom stereocenters. The largest absolute Gasteiger partial charge is 0.607 e. The van der Waals surface area contributed by atoms with Crippen LogP contribution in [0.1, 0.15) is 5.56 Å². The Labute approximate surface area is 152 Å². The molecule has 0 aromatic heterocycles. The second kappa shape index (κ2) is 6.46. The molecule has 1 atom stereocenters. The van der Waals surface area contributed by atoms with Gasteiger partial charge in [-0.1, -0.05) is 29.8 Å². The number of para-hydroxylation sites is 1. The lowest BCUT2D eigenvalue weighted by atomic mass is 10.2. The van der Waals surface area contributed by atoms with Gasteiger partial charge in [-0.25, -0.2) is 8.42 Å². The number of rotatable bonds is 2. The first-order valence-electron chi connectivity index (χ1n) is 6.84. The Kier molecular flexibility index (Phi) is 4.73. The Morgan fingerprint density at radius 3 is 2.48 bits per heavy atom. The van der Waals surface area contributed by atoms with Crippen molar-refractivity contribution in [1.82, 2.24) is 0 Å². The van der Waals surface area contributed by atoms with Crippen molar-refractivity contribution in [3.63, 3.8) is 0 Å². The van der Waals surface area contributed by atoms with E-state index in [4.69, 9.17) is 0 Å². The Morgan fingerprint density at radius 1 is 1.17 bits per heavy atom. The first-order chi connectivity index (χ1) is 10.9. The van der Waals surface area contributed by atoms with Crippen LogP contribution >= 0.6 is 22.6 Å². The summed E-state index contributed by atoms with van der Waals surface area (Å²) in [5.41, 5.74) is 1.48. The van der Waals surface area contributed by atoms with Crippen LogP contribution in [-0.4, -0.2) is 19.5 Å². The van der Waals surface area contributed by atoms with E-state index >= 15 is 0 Å². The van der Waals surface area contributed by atoms with Crippen molar-refractivity contribution in [2.45, 2.75) is 16.7 Å². The van der Waals surface area contributed by atoms with E-state index in [2.05, 4.69) is 0 Å². The molecule has 120 valence electrons. The molecule has 0 saturated carbocycles. The van der Waals surface area contributed by atoms with Crippen LogP contribution < -0.4 is 4.31 Å². The van der Waals surface area contributed by atoms with Crippen LogP contribution in [0.3, 0.4) is 0 Å². The monoisotopic (exact) mass is 459 g/mol. The summed E-state index contributed by atoms with van der Waals surface area (Å²) < 4.78 is 41.6. The fourth-order valence-electron chi connectivity index (χ4n) is 2.37. The molecule has 2 aromatic rings. The van der Waals surface area contributed by atoms with E-state index in [0.717, 1.165) is 5.56 Å². The highest BCUT2D eigenvalue weighted by molar-refractivity contribution is 14.1. The molecule has 1 heterocycles. The number of halogens is 1. The van der Waals surface area contributed by atoms with Crippen molar-refractivity contribution in [3.05, 3.63) is 63.1 Å². The summed E-state index contributed by atoms with van der Waals surface area (Å²) >= 11 is 0.680. The van der Waals surface area contributed by atoms with Gasteiger partial charge >= 0.3 is 0 Å². The van der Waals surface area contributed by atoms with Gasteiger partial charge in [0, 0.05) is 15.3 Å². The quantitative estimate of drug-likeness (QED) is 0.510. The van der Waals surface area contributed by atoms with E-state index in [-0.39, 0.29) is 11.4 Å². The minimum Gasteiger partial charge on any atom is -0.607 e. The third kappa shape index (κ3) is 3.02. The number of aryl methyl sites for hydroxylation is 1. The standard InChI is InChI=1S/C16H14INO3S2/c1-12-6-8-14(9-7-12)23(20,21)18-11-13(10-17)22(19)16-5-3-2-4-15(16)18/h2-10H,11H2,1H3. The lowest BCUT2D eigenvalue weighted by Crippen LogP contribution is -2.38. The summed E-state index contributed by atoms with van der Waals surface area (Å²) in [6.45, 7) is 2.01. The van der Waals surface area contributed by atoms with Crippen LogP contribution in [0.2, 0.25) is 0 Å². The SMILES string of the molecule is Cc1ccc(S(=O)(=O)N2CC(=CI)[S+]([O-])c3ccccc32)cc1. The van der Waals surface area contributed by atoms with Gasteiger partial charge < -0.3 is 4.55 Å². The number of sulfonamides is 1. The third-order valence-corrected chi connectivity index (χ3v) is 8.02. The van der Waals surface area contributed by atoms with E-state index in [9.17, 15) is 13.0 Å². The lowest BCUT2D eigenvalue weighted by molar-refractivity contribution is 0.587. The summed E-state index contributed by atoms with van der Waals surface area (Å²) in [4.78, 5) is 1.34. The van der Waals surface area contributed by atoms with E-state index < -0.39 is 21.2 Å². The average Bonchev–Trinajstić information content (AvgIpc) is 2.55. The maximum atomic E-state index is 13.0. The van der Waals surface area contributed by atoms with Gasteiger partial charge in [0.25, 0.3) is 10.0 Å². The van der Waals surface area contributed by atoms with Crippen molar-refractivity contribution in [2.24, 2.45) is 0 Å². The van der Waals surface area contributed by atoms with E-state index in [1.54, 1.807) is 52.6 Å². The van der Waals surface area contributed by atoms with Crippen LogP contribution in [0.5, 0.6) is 0 Å². The van der Waals surface area contributed by atoms with E-state index in [1.165, 1.54) is 4.31 Å². The summed E-state index contributed by atoms with van der Waals surface area (Å²) in [6, 6.07) is 13.7. The molecule has 0 aliphatic carbocycles.